The monoisotopic (exact) mass is 299 g/mol. The van der Waals surface area contributed by atoms with E-state index >= 15 is 0 Å². The maximum absolute atomic E-state index is 13.7. The second-order valence-corrected chi connectivity index (χ2v) is 5.07. The average Bonchev–Trinajstić information content (AvgIpc) is 2.44. The Bertz CT molecular complexity index is 518. The number of halogens is 2. The Kier molecular flexibility index (Phi) is 6.27. The summed E-state index contributed by atoms with van der Waals surface area (Å²) in [4.78, 5) is 24.8. The zero-order chi connectivity index (χ0) is 16.0. The molecule has 0 fully saturated rings. The van der Waals surface area contributed by atoms with Crippen molar-refractivity contribution in [3.63, 3.8) is 0 Å². The van der Waals surface area contributed by atoms with E-state index in [0.29, 0.717) is 6.54 Å². The van der Waals surface area contributed by atoms with E-state index in [0.717, 1.165) is 6.07 Å². The normalized spacial score (nSPS) is 10.6. The van der Waals surface area contributed by atoms with E-state index in [9.17, 15) is 18.4 Å². The number of methoxy groups -OCH3 is 1. The van der Waals surface area contributed by atoms with E-state index in [2.05, 4.69) is 4.74 Å². The first-order valence-electron chi connectivity index (χ1n) is 6.67. The molecule has 0 atom stereocenters. The Labute approximate surface area is 122 Å². The first kappa shape index (κ1) is 17.1. The van der Waals surface area contributed by atoms with Crippen molar-refractivity contribution in [1.29, 1.82) is 0 Å². The van der Waals surface area contributed by atoms with Crippen LogP contribution in [0.2, 0.25) is 0 Å². The first-order valence-corrected chi connectivity index (χ1v) is 6.67. The summed E-state index contributed by atoms with van der Waals surface area (Å²) in [6.45, 7) is 4.21. The molecular weight excluding hydrogens is 280 g/mol. The van der Waals surface area contributed by atoms with Gasteiger partial charge in [0, 0.05) is 13.1 Å². The molecule has 0 aliphatic rings. The second-order valence-electron chi connectivity index (χ2n) is 5.07. The van der Waals surface area contributed by atoms with Crippen molar-refractivity contribution >= 4 is 11.9 Å². The van der Waals surface area contributed by atoms with Gasteiger partial charge in [-0.25, -0.2) is 8.78 Å². The molecule has 0 spiro atoms. The molecule has 4 nitrogen and oxygen atoms in total. The molecule has 0 saturated carbocycles. The lowest BCUT2D eigenvalue weighted by molar-refractivity contribution is -0.140. The number of rotatable bonds is 6. The topological polar surface area (TPSA) is 46.6 Å². The molecule has 0 aromatic heterocycles. The zero-order valence-electron chi connectivity index (χ0n) is 12.4. The number of carbonyl (C=O) groups excluding carboxylic acids is 2. The van der Waals surface area contributed by atoms with Gasteiger partial charge >= 0.3 is 5.97 Å². The molecule has 21 heavy (non-hydrogen) atoms. The summed E-state index contributed by atoms with van der Waals surface area (Å²) in [6.07, 6.45) is 0.00585. The number of hydrogen-bond acceptors (Lipinski definition) is 3. The third-order valence-corrected chi connectivity index (χ3v) is 2.87. The van der Waals surface area contributed by atoms with Crippen LogP contribution in [0, 0.1) is 17.6 Å². The molecule has 0 N–H and O–H groups in total. The highest BCUT2D eigenvalue weighted by Gasteiger charge is 2.22. The lowest BCUT2D eigenvalue weighted by atomic mass is 10.1. The summed E-state index contributed by atoms with van der Waals surface area (Å²) in [6, 6.07) is 3.46. The molecule has 1 rings (SSSR count). The van der Waals surface area contributed by atoms with E-state index in [-0.39, 0.29) is 24.4 Å². The predicted octanol–water partition coefficient (Wildman–Crippen LogP) is 2.63. The van der Waals surface area contributed by atoms with E-state index < -0.39 is 23.5 Å². The number of nitrogens with zero attached hydrogens (tertiary/aromatic N) is 1. The molecule has 0 radical (unpaired) electrons. The molecule has 0 bridgehead atoms. The quantitative estimate of drug-likeness (QED) is 0.759. The molecule has 0 aliphatic carbocycles. The Morgan fingerprint density at radius 3 is 2.52 bits per heavy atom. The molecule has 6 heteroatoms. The van der Waals surface area contributed by atoms with Gasteiger partial charge in [-0.3, -0.25) is 9.59 Å². The van der Waals surface area contributed by atoms with Gasteiger partial charge in [-0.05, 0) is 18.1 Å². The Balaban J connectivity index is 2.93. The fraction of sp³-hybridized carbons (Fsp3) is 0.467. The minimum Gasteiger partial charge on any atom is -0.469 e. The summed E-state index contributed by atoms with van der Waals surface area (Å²) in [5.74, 6) is -3.21. The summed E-state index contributed by atoms with van der Waals surface area (Å²) in [5, 5.41) is 0. The molecule has 1 amide bonds. The van der Waals surface area contributed by atoms with Crippen molar-refractivity contribution in [2.75, 3.05) is 20.2 Å². The van der Waals surface area contributed by atoms with Gasteiger partial charge in [0.2, 0.25) is 0 Å². The van der Waals surface area contributed by atoms with Crippen LogP contribution in [0.15, 0.2) is 18.2 Å². The molecule has 0 aliphatic heterocycles. The second kappa shape index (κ2) is 7.71. The number of benzene rings is 1. The number of esters is 1. The fourth-order valence-electron chi connectivity index (χ4n) is 1.88. The Hall–Kier alpha value is -1.98. The van der Waals surface area contributed by atoms with Crippen LogP contribution < -0.4 is 0 Å². The van der Waals surface area contributed by atoms with Crippen molar-refractivity contribution < 1.29 is 23.1 Å². The first-order chi connectivity index (χ1) is 9.86. The summed E-state index contributed by atoms with van der Waals surface area (Å²) in [7, 11) is 1.25. The maximum atomic E-state index is 13.7. The highest BCUT2D eigenvalue weighted by Crippen LogP contribution is 2.15. The third-order valence-electron chi connectivity index (χ3n) is 2.87. The maximum Gasteiger partial charge on any atom is 0.307 e. The van der Waals surface area contributed by atoms with Crippen LogP contribution in [0.5, 0.6) is 0 Å². The number of ether oxygens (including phenoxy) is 1. The minimum absolute atomic E-state index is 0.00585. The highest BCUT2D eigenvalue weighted by atomic mass is 19.2. The van der Waals surface area contributed by atoms with Crippen molar-refractivity contribution in [1.82, 2.24) is 4.90 Å². The molecule has 1 aromatic carbocycles. The summed E-state index contributed by atoms with van der Waals surface area (Å²) in [5.41, 5.74) is -0.333. The number of carbonyl (C=O) groups is 2. The largest absolute Gasteiger partial charge is 0.469 e. The Morgan fingerprint density at radius 2 is 1.95 bits per heavy atom. The van der Waals surface area contributed by atoms with Crippen LogP contribution in [0.1, 0.15) is 30.6 Å². The molecular formula is C15H19F2NO3. The smallest absolute Gasteiger partial charge is 0.307 e. The molecule has 116 valence electrons. The van der Waals surface area contributed by atoms with E-state index in [1.165, 1.54) is 24.1 Å². The van der Waals surface area contributed by atoms with Crippen LogP contribution in [-0.4, -0.2) is 37.0 Å². The van der Waals surface area contributed by atoms with Gasteiger partial charge in [-0.15, -0.1) is 0 Å². The third kappa shape index (κ3) is 4.81. The van der Waals surface area contributed by atoms with Crippen molar-refractivity contribution in [3.8, 4) is 0 Å². The van der Waals surface area contributed by atoms with Crippen molar-refractivity contribution in [3.05, 3.63) is 35.4 Å². The van der Waals surface area contributed by atoms with Crippen LogP contribution in [0.3, 0.4) is 0 Å². The van der Waals surface area contributed by atoms with Gasteiger partial charge in [0.15, 0.2) is 11.6 Å². The fourth-order valence-corrected chi connectivity index (χ4v) is 1.88. The molecule has 1 aromatic rings. The lowest BCUT2D eigenvalue weighted by Crippen LogP contribution is -2.36. The van der Waals surface area contributed by atoms with E-state index in [1.807, 2.05) is 13.8 Å². The van der Waals surface area contributed by atoms with Gasteiger partial charge in [-0.1, -0.05) is 19.9 Å². The number of hydrogen-bond donors (Lipinski definition) is 0. The summed E-state index contributed by atoms with van der Waals surface area (Å²) < 4.78 is 31.4. The van der Waals surface area contributed by atoms with Crippen LogP contribution in [0.4, 0.5) is 8.78 Å². The van der Waals surface area contributed by atoms with Crippen molar-refractivity contribution in [2.45, 2.75) is 20.3 Å². The van der Waals surface area contributed by atoms with Crippen LogP contribution in [-0.2, 0) is 9.53 Å². The SMILES string of the molecule is COC(=O)CCN(CC(C)C)C(=O)c1cccc(F)c1F. The van der Waals surface area contributed by atoms with Gasteiger partial charge in [0.1, 0.15) is 0 Å². The standard InChI is InChI=1S/C15H19F2NO3/c1-10(2)9-18(8-7-13(19)21-3)15(20)11-5-4-6-12(16)14(11)17/h4-6,10H,7-9H2,1-3H3. The Morgan fingerprint density at radius 1 is 1.29 bits per heavy atom. The van der Waals surface area contributed by atoms with Crippen LogP contribution >= 0.6 is 0 Å². The minimum atomic E-state index is -1.17. The zero-order valence-corrected chi connectivity index (χ0v) is 12.4. The van der Waals surface area contributed by atoms with Gasteiger partial charge in [0.25, 0.3) is 5.91 Å². The summed E-state index contributed by atoms with van der Waals surface area (Å²) >= 11 is 0. The van der Waals surface area contributed by atoms with Crippen LogP contribution in [0.25, 0.3) is 0 Å². The average molecular weight is 299 g/mol. The van der Waals surface area contributed by atoms with E-state index in [4.69, 9.17) is 0 Å². The number of amides is 1. The highest BCUT2D eigenvalue weighted by molar-refractivity contribution is 5.94. The van der Waals surface area contributed by atoms with E-state index in [1.54, 1.807) is 0 Å². The lowest BCUT2D eigenvalue weighted by Gasteiger charge is -2.24. The molecule has 0 saturated heterocycles. The molecule has 0 heterocycles. The van der Waals surface area contributed by atoms with Crippen molar-refractivity contribution in [2.24, 2.45) is 5.92 Å². The van der Waals surface area contributed by atoms with Gasteiger partial charge in [0.05, 0.1) is 19.1 Å². The molecule has 0 unspecified atom stereocenters. The van der Waals surface area contributed by atoms with Gasteiger partial charge in [-0.2, -0.15) is 0 Å². The predicted molar refractivity (Wildman–Crippen MR) is 73.7 cm³/mol. The van der Waals surface area contributed by atoms with Gasteiger partial charge < -0.3 is 9.64 Å².